The van der Waals surface area contributed by atoms with Crippen LogP contribution in [0.5, 0.6) is 0 Å². The molecule has 0 heterocycles. The lowest BCUT2D eigenvalue weighted by molar-refractivity contribution is 0.628. The van der Waals surface area contributed by atoms with Gasteiger partial charge in [0.2, 0.25) is 0 Å². The largest absolute Gasteiger partial charge is 0.205 e. The lowest BCUT2D eigenvalue weighted by atomic mass is 10.1. The summed E-state index contributed by atoms with van der Waals surface area (Å²) in [6.45, 7) is 5.50. The highest BCUT2D eigenvalue weighted by Gasteiger charge is 2.03. The molecule has 0 radical (unpaired) electrons. The van der Waals surface area contributed by atoms with E-state index in [2.05, 4.69) is 6.58 Å². The van der Waals surface area contributed by atoms with Gasteiger partial charge in [-0.1, -0.05) is 36.4 Å². The Hall–Kier alpha value is -1.08. The van der Waals surface area contributed by atoms with Gasteiger partial charge in [-0.2, -0.15) is 0 Å². The standard InChI is InChI=1S/C11H10ClF/c1-3-5-9-7-11(13)10(12)6-8(9)4-2/h3-7H,2H2,1H3/b5-3-. The van der Waals surface area contributed by atoms with Crippen molar-refractivity contribution in [2.45, 2.75) is 6.92 Å². The second kappa shape index (κ2) is 4.24. The average molecular weight is 197 g/mol. The molecule has 1 aromatic carbocycles. The first-order chi connectivity index (χ1) is 6.19. The Morgan fingerprint density at radius 3 is 2.62 bits per heavy atom. The highest BCUT2D eigenvalue weighted by molar-refractivity contribution is 6.30. The Morgan fingerprint density at radius 1 is 1.38 bits per heavy atom. The molecule has 0 nitrogen and oxygen atoms in total. The predicted molar refractivity (Wildman–Crippen MR) is 56.2 cm³/mol. The van der Waals surface area contributed by atoms with Crippen molar-refractivity contribution < 1.29 is 4.39 Å². The van der Waals surface area contributed by atoms with E-state index in [4.69, 9.17) is 11.6 Å². The van der Waals surface area contributed by atoms with Crippen LogP contribution in [0.1, 0.15) is 18.1 Å². The third kappa shape index (κ3) is 2.19. The SMILES string of the molecule is C=Cc1cc(Cl)c(F)cc1/C=C\C. The molecule has 1 rings (SSSR count). The highest BCUT2D eigenvalue weighted by Crippen LogP contribution is 2.22. The Bertz CT molecular complexity index is 353. The van der Waals surface area contributed by atoms with Gasteiger partial charge in [0.1, 0.15) is 5.82 Å². The first kappa shape index (κ1) is 10.0. The number of hydrogen-bond donors (Lipinski definition) is 0. The molecule has 0 fully saturated rings. The molecule has 2 heteroatoms. The van der Waals surface area contributed by atoms with Crippen LogP contribution in [0.15, 0.2) is 24.8 Å². The lowest BCUT2D eigenvalue weighted by Crippen LogP contribution is -1.85. The first-order valence-corrected chi connectivity index (χ1v) is 4.31. The molecule has 0 aliphatic heterocycles. The first-order valence-electron chi connectivity index (χ1n) is 3.93. The molecular formula is C11H10ClF. The van der Waals surface area contributed by atoms with Crippen molar-refractivity contribution in [3.8, 4) is 0 Å². The maximum absolute atomic E-state index is 13.0. The van der Waals surface area contributed by atoms with Crippen LogP contribution < -0.4 is 0 Å². The van der Waals surface area contributed by atoms with Gasteiger partial charge in [-0.25, -0.2) is 4.39 Å². The molecule has 0 saturated heterocycles. The van der Waals surface area contributed by atoms with Gasteiger partial charge in [0.05, 0.1) is 5.02 Å². The Morgan fingerprint density at radius 2 is 2.08 bits per heavy atom. The Labute approximate surface area is 82.3 Å². The van der Waals surface area contributed by atoms with Crippen molar-refractivity contribution in [1.29, 1.82) is 0 Å². The molecular weight excluding hydrogens is 187 g/mol. The summed E-state index contributed by atoms with van der Waals surface area (Å²) in [5, 5.41) is 0.128. The highest BCUT2D eigenvalue weighted by atomic mass is 35.5. The summed E-state index contributed by atoms with van der Waals surface area (Å²) < 4.78 is 13.0. The molecule has 0 atom stereocenters. The molecule has 0 saturated carbocycles. The summed E-state index contributed by atoms with van der Waals surface area (Å²) in [5.74, 6) is -0.402. The summed E-state index contributed by atoms with van der Waals surface area (Å²) >= 11 is 5.62. The zero-order valence-corrected chi connectivity index (χ0v) is 8.11. The molecule has 0 N–H and O–H groups in total. The quantitative estimate of drug-likeness (QED) is 0.667. The van der Waals surface area contributed by atoms with E-state index in [1.54, 1.807) is 12.1 Å². The van der Waals surface area contributed by atoms with Crippen molar-refractivity contribution in [3.63, 3.8) is 0 Å². The maximum Gasteiger partial charge on any atom is 0.142 e. The van der Waals surface area contributed by atoms with Crippen molar-refractivity contribution in [2.24, 2.45) is 0 Å². The number of benzene rings is 1. The van der Waals surface area contributed by atoms with Crippen LogP contribution in [0.4, 0.5) is 4.39 Å². The summed E-state index contributed by atoms with van der Waals surface area (Å²) in [6.07, 6.45) is 5.31. The monoisotopic (exact) mass is 196 g/mol. The second-order valence-corrected chi connectivity index (χ2v) is 3.01. The molecule has 0 aromatic heterocycles. The number of rotatable bonds is 2. The van der Waals surface area contributed by atoms with Gasteiger partial charge >= 0.3 is 0 Å². The fraction of sp³-hybridized carbons (Fsp3) is 0.0909. The Kier molecular flexibility index (Phi) is 3.26. The molecule has 0 spiro atoms. The van der Waals surface area contributed by atoms with Gasteiger partial charge in [-0.15, -0.1) is 0 Å². The maximum atomic E-state index is 13.0. The second-order valence-electron chi connectivity index (χ2n) is 2.60. The molecule has 0 aliphatic rings. The summed E-state index contributed by atoms with van der Waals surface area (Å²) in [5.41, 5.74) is 1.63. The van der Waals surface area contributed by atoms with Crippen molar-refractivity contribution >= 4 is 23.8 Å². The molecule has 0 bridgehead atoms. The van der Waals surface area contributed by atoms with Gasteiger partial charge in [0.25, 0.3) is 0 Å². The van der Waals surface area contributed by atoms with E-state index in [1.165, 1.54) is 6.07 Å². The predicted octanol–water partition coefficient (Wildman–Crippen LogP) is 4.16. The van der Waals surface area contributed by atoms with Crippen LogP contribution in [0.2, 0.25) is 5.02 Å². The summed E-state index contributed by atoms with van der Waals surface area (Å²) in [6, 6.07) is 2.97. The van der Waals surface area contributed by atoms with Crippen LogP contribution >= 0.6 is 11.6 Å². The lowest BCUT2D eigenvalue weighted by Gasteiger charge is -2.02. The third-order valence-corrected chi connectivity index (χ3v) is 1.98. The number of allylic oxidation sites excluding steroid dienone is 1. The van der Waals surface area contributed by atoms with Crippen LogP contribution in [-0.4, -0.2) is 0 Å². The van der Waals surface area contributed by atoms with Crippen molar-refractivity contribution in [1.82, 2.24) is 0 Å². The fourth-order valence-corrected chi connectivity index (χ4v) is 1.25. The average Bonchev–Trinajstić information content (AvgIpc) is 2.11. The molecule has 13 heavy (non-hydrogen) atoms. The van der Waals surface area contributed by atoms with E-state index in [9.17, 15) is 4.39 Å². The van der Waals surface area contributed by atoms with Crippen LogP contribution in [0.25, 0.3) is 12.2 Å². The van der Waals surface area contributed by atoms with E-state index in [0.29, 0.717) is 0 Å². The summed E-state index contributed by atoms with van der Waals surface area (Å²) in [4.78, 5) is 0. The number of hydrogen-bond acceptors (Lipinski definition) is 0. The zero-order chi connectivity index (χ0) is 9.84. The van der Waals surface area contributed by atoms with Crippen LogP contribution in [0.3, 0.4) is 0 Å². The van der Waals surface area contributed by atoms with Gasteiger partial charge < -0.3 is 0 Å². The molecule has 0 unspecified atom stereocenters. The topological polar surface area (TPSA) is 0 Å². The van der Waals surface area contributed by atoms with Crippen LogP contribution in [-0.2, 0) is 0 Å². The minimum Gasteiger partial charge on any atom is -0.205 e. The Balaban J connectivity index is 3.32. The van der Waals surface area contributed by atoms with E-state index in [-0.39, 0.29) is 5.02 Å². The van der Waals surface area contributed by atoms with E-state index >= 15 is 0 Å². The van der Waals surface area contributed by atoms with E-state index in [0.717, 1.165) is 11.1 Å². The normalized spacial score (nSPS) is 10.7. The summed E-state index contributed by atoms with van der Waals surface area (Å²) in [7, 11) is 0. The van der Waals surface area contributed by atoms with Crippen molar-refractivity contribution in [3.05, 3.63) is 46.8 Å². The fourth-order valence-electron chi connectivity index (χ4n) is 1.08. The zero-order valence-electron chi connectivity index (χ0n) is 7.35. The van der Waals surface area contributed by atoms with Gasteiger partial charge in [-0.05, 0) is 30.2 Å². The van der Waals surface area contributed by atoms with Gasteiger partial charge in [0, 0.05) is 0 Å². The minimum atomic E-state index is -0.402. The number of halogens is 2. The smallest absolute Gasteiger partial charge is 0.142 e. The van der Waals surface area contributed by atoms with Crippen LogP contribution in [0, 0.1) is 5.82 Å². The third-order valence-electron chi connectivity index (χ3n) is 1.69. The van der Waals surface area contributed by atoms with E-state index in [1.807, 2.05) is 19.1 Å². The molecule has 0 aliphatic carbocycles. The minimum absolute atomic E-state index is 0.128. The molecule has 68 valence electrons. The molecule has 1 aromatic rings. The molecule has 0 amide bonds. The van der Waals surface area contributed by atoms with Gasteiger partial charge in [0.15, 0.2) is 0 Å². The van der Waals surface area contributed by atoms with Crippen molar-refractivity contribution in [2.75, 3.05) is 0 Å². The van der Waals surface area contributed by atoms with E-state index < -0.39 is 5.82 Å². The van der Waals surface area contributed by atoms with Gasteiger partial charge in [-0.3, -0.25) is 0 Å².